The summed E-state index contributed by atoms with van der Waals surface area (Å²) < 4.78 is 14.2. The minimum absolute atomic E-state index is 0.0951. The standard InChI is InChI=1S/C25H24BrClN4O3S/c1-4-12-33-23(32)21-15(3)28-24-29-25(35-5-2)30-31(24)22(21)18-13-17(26)10-11-20(18)34-14-16-8-6-7-9-19(16)27/h4,6-11,13,22H,1,5,12,14H2,2-3H3,(H,28,29,30). The topological polar surface area (TPSA) is 78.3 Å². The molecule has 1 aromatic heterocycles. The molecule has 3 aromatic rings. The van der Waals surface area contributed by atoms with Crippen LogP contribution >= 0.6 is 39.3 Å². The van der Waals surface area contributed by atoms with Gasteiger partial charge in [-0.25, -0.2) is 9.48 Å². The molecule has 0 aliphatic carbocycles. The second kappa shape index (κ2) is 11.3. The van der Waals surface area contributed by atoms with Gasteiger partial charge in [0.05, 0.1) is 5.57 Å². The van der Waals surface area contributed by atoms with E-state index in [9.17, 15) is 4.79 Å². The summed E-state index contributed by atoms with van der Waals surface area (Å²) in [5, 5.41) is 9.14. The number of fused-ring (bicyclic) bond motifs is 1. The zero-order valence-electron chi connectivity index (χ0n) is 19.3. The molecule has 7 nitrogen and oxygen atoms in total. The van der Waals surface area contributed by atoms with E-state index in [4.69, 9.17) is 26.2 Å². The van der Waals surface area contributed by atoms with Crippen molar-refractivity contribution < 1.29 is 14.3 Å². The monoisotopic (exact) mass is 574 g/mol. The number of aromatic nitrogens is 3. The molecule has 1 atom stereocenters. The molecular weight excluding hydrogens is 552 g/mol. The molecule has 0 spiro atoms. The third kappa shape index (κ3) is 5.58. The van der Waals surface area contributed by atoms with Crippen molar-refractivity contribution in [2.75, 3.05) is 17.7 Å². The van der Waals surface area contributed by atoms with Gasteiger partial charge in [0.2, 0.25) is 11.1 Å². The van der Waals surface area contributed by atoms with Crippen LogP contribution in [-0.4, -0.2) is 33.1 Å². The number of allylic oxidation sites excluding steroid dienone is 1. The summed E-state index contributed by atoms with van der Waals surface area (Å²) in [5.74, 6) is 1.48. The van der Waals surface area contributed by atoms with E-state index in [1.807, 2.05) is 56.3 Å². The number of hydrogen-bond donors (Lipinski definition) is 1. The van der Waals surface area contributed by atoms with E-state index in [2.05, 4.69) is 32.8 Å². The number of halogens is 2. The number of nitrogens with zero attached hydrogens (tertiary/aromatic N) is 3. The molecule has 0 bridgehead atoms. The van der Waals surface area contributed by atoms with Crippen molar-refractivity contribution >= 4 is 51.2 Å². The van der Waals surface area contributed by atoms with Gasteiger partial charge in [0.15, 0.2) is 0 Å². The van der Waals surface area contributed by atoms with Crippen molar-refractivity contribution in [1.29, 1.82) is 0 Å². The highest BCUT2D eigenvalue weighted by molar-refractivity contribution is 9.10. The Kier molecular flexibility index (Phi) is 8.20. The molecular formula is C25H24BrClN4O3S. The molecule has 0 saturated heterocycles. The lowest BCUT2D eigenvalue weighted by Crippen LogP contribution is -2.30. The third-order valence-corrected chi connectivity index (χ3v) is 6.85. The Morgan fingerprint density at radius 1 is 1.34 bits per heavy atom. The minimum Gasteiger partial charge on any atom is -0.488 e. The fourth-order valence-corrected chi connectivity index (χ4v) is 4.85. The Morgan fingerprint density at radius 2 is 2.14 bits per heavy atom. The second-order valence-electron chi connectivity index (χ2n) is 7.61. The van der Waals surface area contributed by atoms with E-state index in [1.165, 1.54) is 17.8 Å². The van der Waals surface area contributed by atoms with E-state index < -0.39 is 12.0 Å². The smallest absolute Gasteiger partial charge is 0.338 e. The van der Waals surface area contributed by atoms with E-state index in [0.717, 1.165) is 21.4 Å². The van der Waals surface area contributed by atoms with Crippen LogP contribution in [0.4, 0.5) is 5.95 Å². The summed E-state index contributed by atoms with van der Waals surface area (Å²) in [4.78, 5) is 17.8. The van der Waals surface area contributed by atoms with Crippen LogP contribution in [0.2, 0.25) is 5.02 Å². The molecule has 1 aliphatic rings. The highest BCUT2D eigenvalue weighted by atomic mass is 79.9. The highest BCUT2D eigenvalue weighted by Crippen LogP contribution is 2.41. The maximum atomic E-state index is 13.2. The number of thioether (sulfide) groups is 1. The lowest BCUT2D eigenvalue weighted by Gasteiger charge is -2.29. The molecule has 1 N–H and O–H groups in total. The van der Waals surface area contributed by atoms with Crippen LogP contribution in [0.15, 0.2) is 76.0 Å². The van der Waals surface area contributed by atoms with E-state index in [0.29, 0.717) is 33.1 Å². The van der Waals surface area contributed by atoms with Gasteiger partial charge in [-0.05, 0) is 36.9 Å². The number of nitrogens with one attached hydrogen (secondary N) is 1. The van der Waals surface area contributed by atoms with Crippen molar-refractivity contribution in [3.63, 3.8) is 0 Å². The molecule has 2 heterocycles. The fraction of sp³-hybridized carbons (Fsp3) is 0.240. The SMILES string of the molecule is C=CCOC(=O)C1=C(C)Nc2nc(SCC)nn2C1c1cc(Br)ccc1OCc1ccccc1Cl. The van der Waals surface area contributed by atoms with Crippen LogP contribution in [0.3, 0.4) is 0 Å². The molecule has 1 unspecified atom stereocenters. The summed E-state index contributed by atoms with van der Waals surface area (Å²) in [6.45, 7) is 7.86. The van der Waals surface area contributed by atoms with Gasteiger partial charge < -0.3 is 14.8 Å². The average Bonchev–Trinajstić information content (AvgIpc) is 3.23. The zero-order chi connectivity index (χ0) is 24.9. The number of ether oxygens (including phenoxy) is 2. The van der Waals surface area contributed by atoms with Crippen LogP contribution < -0.4 is 10.1 Å². The first kappa shape index (κ1) is 25.3. The first-order chi connectivity index (χ1) is 16.9. The van der Waals surface area contributed by atoms with E-state index in [-0.39, 0.29) is 13.2 Å². The highest BCUT2D eigenvalue weighted by Gasteiger charge is 2.37. The molecule has 2 aromatic carbocycles. The van der Waals surface area contributed by atoms with Crippen molar-refractivity contribution in [2.24, 2.45) is 0 Å². The number of rotatable bonds is 9. The summed E-state index contributed by atoms with van der Waals surface area (Å²) in [6.07, 6.45) is 1.53. The number of hydrogen-bond acceptors (Lipinski definition) is 7. The number of esters is 1. The van der Waals surface area contributed by atoms with Crippen LogP contribution in [0.25, 0.3) is 0 Å². The lowest BCUT2D eigenvalue weighted by atomic mass is 9.95. The predicted octanol–water partition coefficient (Wildman–Crippen LogP) is 6.40. The maximum Gasteiger partial charge on any atom is 0.338 e. The molecule has 0 radical (unpaired) electrons. The molecule has 0 amide bonds. The Hall–Kier alpha value is -2.75. The van der Waals surface area contributed by atoms with Gasteiger partial charge in [-0.1, -0.05) is 77.1 Å². The molecule has 35 heavy (non-hydrogen) atoms. The number of carbonyl (C=O) groups excluding carboxylic acids is 1. The average molecular weight is 576 g/mol. The van der Waals surface area contributed by atoms with Gasteiger partial charge in [-0.2, -0.15) is 4.98 Å². The van der Waals surface area contributed by atoms with Crippen LogP contribution in [0.1, 0.15) is 31.0 Å². The third-order valence-electron chi connectivity index (χ3n) is 5.27. The van der Waals surface area contributed by atoms with Crippen molar-refractivity contribution in [3.05, 3.63) is 87.0 Å². The molecule has 0 saturated carbocycles. The summed E-state index contributed by atoms with van der Waals surface area (Å²) in [6, 6.07) is 12.6. The predicted molar refractivity (Wildman–Crippen MR) is 142 cm³/mol. The number of benzene rings is 2. The van der Waals surface area contributed by atoms with Gasteiger partial charge >= 0.3 is 5.97 Å². The Balaban J connectivity index is 1.81. The van der Waals surface area contributed by atoms with Crippen LogP contribution in [0, 0.1) is 0 Å². The summed E-state index contributed by atoms with van der Waals surface area (Å²) in [5.41, 5.74) is 2.64. The molecule has 4 rings (SSSR count). The van der Waals surface area contributed by atoms with Gasteiger partial charge in [0.1, 0.15) is 25.0 Å². The molecule has 0 fully saturated rings. The Bertz CT molecular complexity index is 1290. The van der Waals surface area contributed by atoms with Gasteiger partial charge in [-0.3, -0.25) is 0 Å². The van der Waals surface area contributed by atoms with Gasteiger partial charge in [0.25, 0.3) is 0 Å². The fourth-order valence-electron chi connectivity index (χ4n) is 3.72. The minimum atomic E-state index is -0.624. The largest absolute Gasteiger partial charge is 0.488 e. The van der Waals surface area contributed by atoms with Crippen LogP contribution in [0.5, 0.6) is 5.75 Å². The normalized spacial score (nSPS) is 14.8. The first-order valence-electron chi connectivity index (χ1n) is 10.9. The first-order valence-corrected chi connectivity index (χ1v) is 13.1. The number of anilines is 1. The quantitative estimate of drug-likeness (QED) is 0.180. The van der Waals surface area contributed by atoms with Gasteiger partial charge in [-0.15, -0.1) is 5.10 Å². The lowest BCUT2D eigenvalue weighted by molar-refractivity contribution is -0.138. The number of carbonyl (C=O) groups is 1. The summed E-state index contributed by atoms with van der Waals surface area (Å²) in [7, 11) is 0. The Labute approximate surface area is 221 Å². The maximum absolute atomic E-state index is 13.2. The van der Waals surface area contributed by atoms with Crippen molar-refractivity contribution in [1.82, 2.24) is 14.8 Å². The Morgan fingerprint density at radius 3 is 2.89 bits per heavy atom. The molecule has 182 valence electrons. The van der Waals surface area contributed by atoms with Gasteiger partial charge in [0, 0.05) is 26.3 Å². The summed E-state index contributed by atoms with van der Waals surface area (Å²) >= 11 is 11.4. The van der Waals surface area contributed by atoms with Crippen molar-refractivity contribution in [3.8, 4) is 5.75 Å². The zero-order valence-corrected chi connectivity index (χ0v) is 22.4. The molecule has 1 aliphatic heterocycles. The van der Waals surface area contributed by atoms with E-state index >= 15 is 0 Å². The van der Waals surface area contributed by atoms with E-state index in [1.54, 1.807) is 4.68 Å². The molecule has 10 heteroatoms. The van der Waals surface area contributed by atoms with Crippen LogP contribution in [-0.2, 0) is 16.1 Å². The van der Waals surface area contributed by atoms with Crippen molar-refractivity contribution in [2.45, 2.75) is 31.7 Å². The second-order valence-corrected chi connectivity index (χ2v) is 10.2.